The number of carbonyl (C=O) groups excluding carboxylic acids is 1. The van der Waals surface area contributed by atoms with Gasteiger partial charge < -0.3 is 5.11 Å². The first kappa shape index (κ1) is 13.1. The zero-order valence-electron chi connectivity index (χ0n) is 11.2. The van der Waals surface area contributed by atoms with Gasteiger partial charge in [-0.25, -0.2) is 0 Å². The molecule has 2 aliphatic carbocycles. The summed E-state index contributed by atoms with van der Waals surface area (Å²) >= 11 is 0. The third-order valence-corrected chi connectivity index (χ3v) is 4.68. The molecule has 18 heavy (non-hydrogen) atoms. The SMILES string of the molecule is CC(C(=O)O)C1=C[C@@]2(C)C(=CC1=O)CCC[C@@H]2C. The lowest BCUT2D eigenvalue weighted by Gasteiger charge is -2.42. The molecule has 0 radical (unpaired) electrons. The van der Waals surface area contributed by atoms with Gasteiger partial charge in [0, 0.05) is 11.0 Å². The molecule has 1 N–H and O–H groups in total. The number of carbonyl (C=O) groups is 2. The fraction of sp³-hybridized carbons (Fsp3) is 0.600. The number of aliphatic carboxylic acids is 1. The molecule has 0 spiro atoms. The van der Waals surface area contributed by atoms with Gasteiger partial charge in [-0.1, -0.05) is 25.5 Å². The van der Waals surface area contributed by atoms with Crippen LogP contribution in [0.2, 0.25) is 0 Å². The van der Waals surface area contributed by atoms with Crippen LogP contribution in [0.4, 0.5) is 0 Å². The zero-order chi connectivity index (χ0) is 13.5. The Hall–Kier alpha value is -1.38. The predicted molar refractivity (Wildman–Crippen MR) is 69.1 cm³/mol. The lowest BCUT2D eigenvalue weighted by molar-refractivity contribution is -0.140. The Morgan fingerprint density at radius 2 is 2.22 bits per heavy atom. The van der Waals surface area contributed by atoms with Crippen molar-refractivity contribution in [2.45, 2.75) is 40.0 Å². The van der Waals surface area contributed by atoms with Crippen LogP contribution in [0.25, 0.3) is 0 Å². The Labute approximate surface area is 108 Å². The van der Waals surface area contributed by atoms with E-state index in [1.54, 1.807) is 13.0 Å². The normalized spacial score (nSPS) is 33.3. The first-order chi connectivity index (χ1) is 8.36. The number of hydrogen-bond donors (Lipinski definition) is 1. The smallest absolute Gasteiger partial charge is 0.310 e. The number of fused-ring (bicyclic) bond motifs is 1. The Morgan fingerprint density at radius 1 is 1.56 bits per heavy atom. The Kier molecular flexibility index (Phi) is 3.18. The topological polar surface area (TPSA) is 54.4 Å². The summed E-state index contributed by atoms with van der Waals surface area (Å²) in [4.78, 5) is 23.1. The van der Waals surface area contributed by atoms with Crippen molar-refractivity contribution in [2.24, 2.45) is 17.3 Å². The van der Waals surface area contributed by atoms with E-state index in [0.29, 0.717) is 11.5 Å². The molecule has 0 saturated heterocycles. The zero-order valence-corrected chi connectivity index (χ0v) is 11.2. The van der Waals surface area contributed by atoms with Crippen molar-refractivity contribution in [1.29, 1.82) is 0 Å². The second kappa shape index (κ2) is 4.38. The van der Waals surface area contributed by atoms with Gasteiger partial charge in [0.1, 0.15) is 0 Å². The standard InChI is InChI=1S/C15H20O3/c1-9-5-4-6-11-7-13(16)12(8-15(9,11)3)10(2)14(17)18/h7-10H,4-6H2,1-3H3,(H,17,18)/t9-,10?,15+/m0/s1. The van der Waals surface area contributed by atoms with Gasteiger partial charge in [-0.2, -0.15) is 0 Å². The van der Waals surface area contributed by atoms with Gasteiger partial charge in [-0.15, -0.1) is 0 Å². The van der Waals surface area contributed by atoms with Crippen molar-refractivity contribution < 1.29 is 14.7 Å². The summed E-state index contributed by atoms with van der Waals surface area (Å²) in [5.74, 6) is -1.31. The van der Waals surface area contributed by atoms with Crippen molar-refractivity contribution >= 4 is 11.8 Å². The number of rotatable bonds is 2. The van der Waals surface area contributed by atoms with Crippen LogP contribution in [-0.2, 0) is 9.59 Å². The molecule has 3 nitrogen and oxygen atoms in total. The molecule has 0 aromatic carbocycles. The number of carboxylic acids is 1. The number of carboxylic acid groups (broad SMARTS) is 1. The average Bonchev–Trinajstić information content (AvgIpc) is 2.30. The number of hydrogen-bond acceptors (Lipinski definition) is 2. The van der Waals surface area contributed by atoms with E-state index in [1.807, 2.05) is 6.08 Å². The second-order valence-electron chi connectivity index (χ2n) is 5.77. The molecular weight excluding hydrogens is 228 g/mol. The molecule has 98 valence electrons. The van der Waals surface area contributed by atoms with Gasteiger partial charge >= 0.3 is 5.97 Å². The highest BCUT2D eigenvalue weighted by Crippen LogP contribution is 2.49. The molecule has 0 bridgehead atoms. The maximum Gasteiger partial charge on any atom is 0.310 e. The molecule has 1 saturated carbocycles. The molecule has 1 fully saturated rings. The highest BCUT2D eigenvalue weighted by atomic mass is 16.4. The van der Waals surface area contributed by atoms with Crippen molar-refractivity contribution in [3.8, 4) is 0 Å². The van der Waals surface area contributed by atoms with E-state index < -0.39 is 11.9 Å². The van der Waals surface area contributed by atoms with Crippen LogP contribution in [-0.4, -0.2) is 16.9 Å². The third kappa shape index (κ3) is 1.92. The predicted octanol–water partition coefficient (Wildman–Crippen LogP) is 2.97. The summed E-state index contributed by atoms with van der Waals surface area (Å²) < 4.78 is 0. The summed E-state index contributed by atoms with van der Waals surface area (Å²) in [6.45, 7) is 5.90. The molecule has 0 aromatic rings. The van der Waals surface area contributed by atoms with E-state index in [0.717, 1.165) is 19.3 Å². The number of allylic oxidation sites excluding steroid dienone is 3. The molecule has 2 rings (SSSR count). The van der Waals surface area contributed by atoms with E-state index in [4.69, 9.17) is 5.11 Å². The minimum Gasteiger partial charge on any atom is -0.481 e. The molecule has 0 aliphatic heterocycles. The van der Waals surface area contributed by atoms with Gasteiger partial charge in [-0.05, 0) is 38.2 Å². The quantitative estimate of drug-likeness (QED) is 0.817. The first-order valence-electron chi connectivity index (χ1n) is 6.57. The van der Waals surface area contributed by atoms with E-state index in [1.165, 1.54) is 5.57 Å². The molecule has 3 heteroatoms. The minimum absolute atomic E-state index is 0.119. The van der Waals surface area contributed by atoms with Crippen molar-refractivity contribution in [1.82, 2.24) is 0 Å². The van der Waals surface area contributed by atoms with Gasteiger partial charge in [0.05, 0.1) is 5.92 Å². The summed E-state index contributed by atoms with van der Waals surface area (Å²) in [5.41, 5.74) is 1.49. The maximum atomic E-state index is 12.0. The van der Waals surface area contributed by atoms with E-state index in [2.05, 4.69) is 13.8 Å². The molecule has 2 aliphatic rings. The van der Waals surface area contributed by atoms with Crippen LogP contribution >= 0.6 is 0 Å². The number of ketones is 1. The monoisotopic (exact) mass is 248 g/mol. The lowest BCUT2D eigenvalue weighted by atomic mass is 9.61. The fourth-order valence-corrected chi connectivity index (χ4v) is 3.05. The van der Waals surface area contributed by atoms with Crippen molar-refractivity contribution in [2.75, 3.05) is 0 Å². The summed E-state index contributed by atoms with van der Waals surface area (Å²) in [7, 11) is 0. The Balaban J connectivity index is 2.43. The van der Waals surface area contributed by atoms with E-state index >= 15 is 0 Å². The Bertz CT molecular complexity index is 458. The van der Waals surface area contributed by atoms with Crippen LogP contribution < -0.4 is 0 Å². The van der Waals surface area contributed by atoms with E-state index in [-0.39, 0.29) is 11.2 Å². The summed E-state index contributed by atoms with van der Waals surface area (Å²) in [6, 6.07) is 0. The van der Waals surface area contributed by atoms with Crippen LogP contribution in [0.5, 0.6) is 0 Å². The van der Waals surface area contributed by atoms with Crippen LogP contribution in [0.3, 0.4) is 0 Å². The van der Waals surface area contributed by atoms with Gasteiger partial charge in [-0.3, -0.25) is 9.59 Å². The van der Waals surface area contributed by atoms with Crippen LogP contribution in [0, 0.1) is 17.3 Å². The second-order valence-corrected chi connectivity index (χ2v) is 5.77. The third-order valence-electron chi connectivity index (χ3n) is 4.68. The minimum atomic E-state index is -0.932. The average molecular weight is 248 g/mol. The Morgan fingerprint density at radius 3 is 2.83 bits per heavy atom. The largest absolute Gasteiger partial charge is 0.481 e. The highest BCUT2D eigenvalue weighted by Gasteiger charge is 2.40. The molecule has 0 heterocycles. The molecule has 0 aromatic heterocycles. The first-order valence-corrected chi connectivity index (χ1v) is 6.57. The van der Waals surface area contributed by atoms with Crippen LogP contribution in [0.1, 0.15) is 40.0 Å². The summed E-state index contributed by atoms with van der Waals surface area (Å²) in [6.07, 6.45) is 6.82. The lowest BCUT2D eigenvalue weighted by Crippen LogP contribution is -2.35. The van der Waals surface area contributed by atoms with Gasteiger partial charge in [0.2, 0.25) is 0 Å². The molecular formula is C15H20O3. The maximum absolute atomic E-state index is 12.0. The van der Waals surface area contributed by atoms with Crippen molar-refractivity contribution in [3.63, 3.8) is 0 Å². The van der Waals surface area contributed by atoms with E-state index in [9.17, 15) is 9.59 Å². The molecule has 3 atom stereocenters. The molecule has 0 amide bonds. The molecule has 1 unspecified atom stereocenters. The van der Waals surface area contributed by atoms with Gasteiger partial charge in [0.25, 0.3) is 0 Å². The van der Waals surface area contributed by atoms with Crippen LogP contribution in [0.15, 0.2) is 23.3 Å². The fourth-order valence-electron chi connectivity index (χ4n) is 3.05. The summed E-state index contributed by atoms with van der Waals surface area (Å²) in [5, 5.41) is 9.08. The van der Waals surface area contributed by atoms with Gasteiger partial charge in [0.15, 0.2) is 5.78 Å². The highest BCUT2D eigenvalue weighted by molar-refractivity contribution is 6.08. The van der Waals surface area contributed by atoms with Crippen molar-refractivity contribution in [3.05, 3.63) is 23.3 Å².